The quantitative estimate of drug-likeness (QED) is 0.716. The Labute approximate surface area is 195 Å². The number of amides is 1. The number of carbonyl (C=O) groups is 1. The molecule has 2 heterocycles. The van der Waals surface area contributed by atoms with Crippen LogP contribution in [0.4, 0.5) is 4.79 Å². The van der Waals surface area contributed by atoms with Gasteiger partial charge < -0.3 is 19.5 Å². The summed E-state index contributed by atoms with van der Waals surface area (Å²) in [6.45, 7) is 7.52. The van der Waals surface area contributed by atoms with E-state index in [4.69, 9.17) is 14.5 Å². The number of carbonyl (C=O) groups excluding carboxylic acids is 1. The van der Waals surface area contributed by atoms with E-state index in [0.717, 1.165) is 16.8 Å². The van der Waals surface area contributed by atoms with E-state index in [0.29, 0.717) is 44.7 Å². The van der Waals surface area contributed by atoms with Gasteiger partial charge in [-0.05, 0) is 49.6 Å². The van der Waals surface area contributed by atoms with Crippen LogP contribution in [0.3, 0.4) is 0 Å². The number of benzene rings is 2. The molecule has 33 heavy (non-hydrogen) atoms. The molecule has 1 amide bonds. The molecule has 0 saturated carbocycles. The Morgan fingerprint density at radius 2 is 1.97 bits per heavy atom. The second-order valence-corrected chi connectivity index (χ2v) is 8.87. The zero-order valence-electron chi connectivity index (χ0n) is 19.9. The lowest BCUT2D eigenvalue weighted by molar-refractivity contribution is 0.0778. The summed E-state index contributed by atoms with van der Waals surface area (Å²) in [5.74, 6) is 0.605. The van der Waals surface area contributed by atoms with E-state index < -0.39 is 5.66 Å². The first kappa shape index (κ1) is 23.1. The number of hydrogen-bond acceptors (Lipinski definition) is 6. The average molecular weight is 452 g/mol. The first-order chi connectivity index (χ1) is 15.9. The summed E-state index contributed by atoms with van der Waals surface area (Å²) in [4.78, 5) is 19.2. The van der Waals surface area contributed by atoms with E-state index in [9.17, 15) is 9.90 Å². The molecule has 1 atom stereocenters. The highest BCUT2D eigenvalue weighted by molar-refractivity contribution is 6.02. The zero-order chi connectivity index (χ0) is 23.6. The molecule has 2 aliphatic rings. The third-order valence-corrected chi connectivity index (χ3v) is 6.77. The molecule has 0 unspecified atom stereocenters. The highest BCUT2D eigenvalue weighted by atomic mass is 16.6. The summed E-state index contributed by atoms with van der Waals surface area (Å²) in [5, 5.41) is 14.6. The van der Waals surface area contributed by atoms with Gasteiger partial charge in [-0.2, -0.15) is 0 Å². The smallest absolute Gasteiger partial charge is 0.409 e. The van der Waals surface area contributed by atoms with Gasteiger partial charge in [0.2, 0.25) is 0 Å². The van der Waals surface area contributed by atoms with Crippen LogP contribution in [0.15, 0.2) is 41.4 Å². The molecule has 2 aliphatic heterocycles. The number of phenolic OH excluding ortho intramolecular Hbond substituents is 1. The Hall–Kier alpha value is -3.06. The van der Waals surface area contributed by atoms with Crippen molar-refractivity contribution in [1.29, 1.82) is 0 Å². The molecule has 176 valence electrons. The SMILES string of the molecule is CCOC(=O)N1CCC2(CC1)N=C(c1ccc(C)c(C)c1)C[C@@H](c1cccc(OC)c1O)N2. The standard InChI is InChI=1S/C26H33N3O4/c1-5-33-25(31)29-13-11-26(12-14-29)27-21(19-10-9-17(2)18(3)15-19)16-22(28-26)20-7-6-8-23(32-4)24(20)30/h6-10,15,22,28,30H,5,11-14,16H2,1-4H3/t22-/m0/s1. The topological polar surface area (TPSA) is 83.4 Å². The summed E-state index contributed by atoms with van der Waals surface area (Å²) in [7, 11) is 1.56. The van der Waals surface area contributed by atoms with Crippen LogP contribution in [-0.2, 0) is 4.74 Å². The Balaban J connectivity index is 1.69. The van der Waals surface area contributed by atoms with Gasteiger partial charge in [-0.15, -0.1) is 0 Å². The molecule has 4 rings (SSSR count). The number of rotatable bonds is 4. The van der Waals surface area contributed by atoms with E-state index in [1.807, 2.05) is 19.1 Å². The molecule has 2 aromatic carbocycles. The molecule has 7 heteroatoms. The highest BCUT2D eigenvalue weighted by Crippen LogP contribution is 2.40. The maximum absolute atomic E-state index is 12.2. The van der Waals surface area contributed by atoms with E-state index in [1.54, 1.807) is 18.1 Å². The Bertz CT molecular complexity index is 1060. The van der Waals surface area contributed by atoms with Gasteiger partial charge in [0.15, 0.2) is 11.5 Å². The van der Waals surface area contributed by atoms with Gasteiger partial charge in [0.1, 0.15) is 5.66 Å². The van der Waals surface area contributed by atoms with Crippen molar-refractivity contribution in [1.82, 2.24) is 10.2 Å². The summed E-state index contributed by atoms with van der Waals surface area (Å²) in [6.07, 6.45) is 1.71. The largest absolute Gasteiger partial charge is 0.504 e. The van der Waals surface area contributed by atoms with Gasteiger partial charge in [0.05, 0.1) is 13.7 Å². The van der Waals surface area contributed by atoms with Crippen LogP contribution in [0.5, 0.6) is 11.5 Å². The number of hydrogen-bond donors (Lipinski definition) is 2. The van der Waals surface area contributed by atoms with Crippen LogP contribution in [0.2, 0.25) is 0 Å². The molecular formula is C26H33N3O4. The Kier molecular flexibility index (Phi) is 6.61. The number of aryl methyl sites for hydroxylation is 2. The summed E-state index contributed by atoms with van der Waals surface area (Å²) in [5.41, 5.74) is 4.84. The number of nitrogens with one attached hydrogen (secondary N) is 1. The van der Waals surface area contributed by atoms with Crippen molar-refractivity contribution in [2.45, 2.75) is 51.7 Å². The van der Waals surface area contributed by atoms with Crippen LogP contribution in [0.1, 0.15) is 54.5 Å². The molecule has 1 saturated heterocycles. The number of piperidine rings is 1. The zero-order valence-corrected chi connectivity index (χ0v) is 19.9. The van der Waals surface area contributed by atoms with Gasteiger partial charge in [-0.3, -0.25) is 10.3 Å². The molecule has 2 N–H and O–H groups in total. The molecule has 0 aliphatic carbocycles. The molecule has 1 fully saturated rings. The predicted molar refractivity (Wildman–Crippen MR) is 128 cm³/mol. The number of methoxy groups -OCH3 is 1. The molecule has 0 aromatic heterocycles. The van der Waals surface area contributed by atoms with Gasteiger partial charge >= 0.3 is 6.09 Å². The lowest BCUT2D eigenvalue weighted by Crippen LogP contribution is -2.56. The average Bonchev–Trinajstić information content (AvgIpc) is 2.81. The van der Waals surface area contributed by atoms with Crippen molar-refractivity contribution >= 4 is 11.8 Å². The van der Waals surface area contributed by atoms with Crippen LogP contribution in [0, 0.1) is 13.8 Å². The van der Waals surface area contributed by atoms with Crippen molar-refractivity contribution in [3.8, 4) is 11.5 Å². The Morgan fingerprint density at radius 1 is 1.21 bits per heavy atom. The van der Waals surface area contributed by atoms with E-state index in [2.05, 4.69) is 37.4 Å². The second kappa shape index (κ2) is 9.43. The lowest BCUT2D eigenvalue weighted by atomic mass is 9.87. The van der Waals surface area contributed by atoms with Gasteiger partial charge in [0.25, 0.3) is 0 Å². The van der Waals surface area contributed by atoms with Crippen molar-refractivity contribution in [3.63, 3.8) is 0 Å². The van der Waals surface area contributed by atoms with Crippen LogP contribution in [-0.4, -0.2) is 54.3 Å². The first-order valence-electron chi connectivity index (χ1n) is 11.6. The number of aliphatic imine (C=N–C) groups is 1. The van der Waals surface area contributed by atoms with Crippen LogP contribution in [0.25, 0.3) is 0 Å². The number of para-hydroxylation sites is 1. The van der Waals surface area contributed by atoms with Crippen LogP contribution >= 0.6 is 0 Å². The van der Waals surface area contributed by atoms with E-state index >= 15 is 0 Å². The number of ether oxygens (including phenoxy) is 2. The number of aromatic hydroxyl groups is 1. The third kappa shape index (κ3) is 4.69. The molecule has 2 aromatic rings. The first-order valence-corrected chi connectivity index (χ1v) is 11.6. The molecule has 0 radical (unpaired) electrons. The maximum atomic E-state index is 12.2. The molecule has 1 spiro atoms. The van der Waals surface area contributed by atoms with Gasteiger partial charge in [-0.25, -0.2) is 4.79 Å². The fraction of sp³-hybridized carbons (Fsp3) is 0.462. The molecular weight excluding hydrogens is 418 g/mol. The minimum atomic E-state index is -0.518. The Morgan fingerprint density at radius 3 is 2.64 bits per heavy atom. The van der Waals surface area contributed by atoms with Crippen LogP contribution < -0.4 is 10.1 Å². The maximum Gasteiger partial charge on any atom is 0.409 e. The van der Waals surface area contributed by atoms with Crippen molar-refractivity contribution in [2.24, 2.45) is 4.99 Å². The van der Waals surface area contributed by atoms with Gasteiger partial charge in [-0.1, -0.05) is 24.3 Å². The second-order valence-electron chi connectivity index (χ2n) is 8.87. The minimum Gasteiger partial charge on any atom is -0.504 e. The van der Waals surface area contributed by atoms with E-state index in [1.165, 1.54) is 11.1 Å². The molecule has 7 nitrogen and oxygen atoms in total. The highest BCUT2D eigenvalue weighted by Gasteiger charge is 2.41. The summed E-state index contributed by atoms with van der Waals surface area (Å²) in [6, 6.07) is 11.9. The summed E-state index contributed by atoms with van der Waals surface area (Å²) >= 11 is 0. The predicted octanol–water partition coefficient (Wildman–Crippen LogP) is 4.49. The molecule has 0 bridgehead atoms. The normalized spacial score (nSPS) is 19.8. The van der Waals surface area contributed by atoms with Gasteiger partial charge in [0, 0.05) is 49.7 Å². The third-order valence-electron chi connectivity index (χ3n) is 6.77. The number of phenols is 1. The minimum absolute atomic E-state index is 0.136. The fourth-order valence-corrected chi connectivity index (χ4v) is 4.71. The number of nitrogens with zero attached hydrogens (tertiary/aromatic N) is 2. The monoisotopic (exact) mass is 451 g/mol. The van der Waals surface area contributed by atoms with Crippen molar-refractivity contribution < 1.29 is 19.4 Å². The fourth-order valence-electron chi connectivity index (χ4n) is 4.71. The summed E-state index contributed by atoms with van der Waals surface area (Å²) < 4.78 is 10.5. The van der Waals surface area contributed by atoms with Crippen molar-refractivity contribution in [2.75, 3.05) is 26.8 Å². The lowest BCUT2D eigenvalue weighted by Gasteiger charge is -2.45. The van der Waals surface area contributed by atoms with E-state index in [-0.39, 0.29) is 17.9 Å². The van der Waals surface area contributed by atoms with Crippen molar-refractivity contribution in [3.05, 3.63) is 58.7 Å². The number of likely N-dealkylation sites (tertiary alicyclic amines) is 1.